The van der Waals surface area contributed by atoms with Crippen LogP contribution in [-0.2, 0) is 16.1 Å². The van der Waals surface area contributed by atoms with Crippen LogP contribution in [0.3, 0.4) is 0 Å². The molecule has 0 heterocycles. The molecule has 24 heavy (non-hydrogen) atoms. The zero-order valence-electron chi connectivity index (χ0n) is 13.0. The molecule has 0 aromatic heterocycles. The number of halogens is 1. The van der Waals surface area contributed by atoms with Crippen LogP contribution in [0.15, 0.2) is 48.5 Å². The van der Waals surface area contributed by atoms with E-state index in [2.05, 4.69) is 10.9 Å². The summed E-state index contributed by atoms with van der Waals surface area (Å²) in [5, 5.41) is 0.407. The van der Waals surface area contributed by atoms with Crippen molar-refractivity contribution in [2.24, 2.45) is 0 Å². The van der Waals surface area contributed by atoms with Crippen LogP contribution in [0, 0.1) is 0 Å². The molecule has 7 heteroatoms. The smallest absolute Gasteiger partial charge is 0.276 e. The molecule has 0 aliphatic rings. The first-order chi connectivity index (χ1) is 11.6. The molecule has 0 radical (unpaired) electrons. The van der Waals surface area contributed by atoms with Crippen molar-refractivity contribution in [3.63, 3.8) is 0 Å². The predicted molar refractivity (Wildman–Crippen MR) is 89.7 cm³/mol. The van der Waals surface area contributed by atoms with Gasteiger partial charge in [-0.25, -0.2) is 0 Å². The minimum absolute atomic E-state index is 0.270. The van der Waals surface area contributed by atoms with E-state index in [4.69, 9.17) is 21.1 Å². The Kier molecular flexibility index (Phi) is 6.60. The maximum absolute atomic E-state index is 12.0. The number of rotatable bonds is 6. The minimum Gasteiger partial charge on any atom is -0.482 e. The lowest BCUT2D eigenvalue weighted by atomic mass is 10.1. The lowest BCUT2D eigenvalue weighted by Crippen LogP contribution is -2.43. The molecule has 6 nitrogen and oxygen atoms in total. The number of nitrogens with one attached hydrogen (secondary N) is 2. The van der Waals surface area contributed by atoms with Crippen LogP contribution in [0.4, 0.5) is 0 Å². The normalized spacial score (nSPS) is 10.1. The zero-order chi connectivity index (χ0) is 17.4. The Labute approximate surface area is 144 Å². The van der Waals surface area contributed by atoms with E-state index >= 15 is 0 Å². The summed E-state index contributed by atoms with van der Waals surface area (Å²) in [4.78, 5) is 23.7. The second kappa shape index (κ2) is 8.90. The Balaban J connectivity index is 1.82. The standard InChI is InChI=1S/C17H17ClN2O4/c1-23-10-12-5-4-6-13(9-12)17(22)20-19-16(21)11-24-15-8-3-2-7-14(15)18/h2-9H,10-11H2,1H3,(H,19,21)(H,20,22). The lowest BCUT2D eigenvalue weighted by molar-refractivity contribution is -0.123. The molecule has 0 atom stereocenters. The van der Waals surface area contributed by atoms with E-state index < -0.39 is 11.8 Å². The van der Waals surface area contributed by atoms with Crippen LogP contribution >= 0.6 is 11.6 Å². The summed E-state index contributed by atoms with van der Waals surface area (Å²) in [6.45, 7) is 0.132. The van der Waals surface area contributed by atoms with Crippen LogP contribution in [-0.4, -0.2) is 25.5 Å². The molecule has 2 aromatic carbocycles. The van der Waals surface area contributed by atoms with Gasteiger partial charge in [-0.3, -0.25) is 20.4 Å². The summed E-state index contributed by atoms with van der Waals surface area (Å²) in [5.74, 6) is -0.539. The van der Waals surface area contributed by atoms with Crippen molar-refractivity contribution in [2.75, 3.05) is 13.7 Å². The van der Waals surface area contributed by atoms with Crippen molar-refractivity contribution >= 4 is 23.4 Å². The van der Waals surface area contributed by atoms with E-state index in [1.807, 2.05) is 6.07 Å². The molecule has 0 saturated heterocycles. The molecule has 0 aliphatic heterocycles. The molecule has 2 rings (SSSR count). The van der Waals surface area contributed by atoms with Gasteiger partial charge in [0, 0.05) is 12.7 Å². The predicted octanol–water partition coefficient (Wildman–Crippen LogP) is 2.33. The Morgan fingerprint density at radius 2 is 1.88 bits per heavy atom. The van der Waals surface area contributed by atoms with Gasteiger partial charge in [-0.1, -0.05) is 35.9 Å². The molecular formula is C17H17ClN2O4. The average Bonchev–Trinajstić information content (AvgIpc) is 2.59. The Bertz CT molecular complexity index is 721. The van der Waals surface area contributed by atoms with Gasteiger partial charge in [-0.05, 0) is 29.8 Å². The number of hydrogen-bond donors (Lipinski definition) is 2. The molecule has 0 bridgehead atoms. The fraction of sp³-hybridized carbons (Fsp3) is 0.176. The third kappa shape index (κ3) is 5.26. The summed E-state index contributed by atoms with van der Waals surface area (Å²) in [6, 6.07) is 13.7. The van der Waals surface area contributed by atoms with Gasteiger partial charge in [0.25, 0.3) is 11.8 Å². The first-order valence-corrected chi connectivity index (χ1v) is 7.52. The summed E-state index contributed by atoms with van der Waals surface area (Å²) >= 11 is 5.92. The maximum atomic E-state index is 12.0. The van der Waals surface area contributed by atoms with Crippen LogP contribution in [0.5, 0.6) is 5.75 Å². The van der Waals surface area contributed by atoms with Crippen LogP contribution < -0.4 is 15.6 Å². The fourth-order valence-electron chi connectivity index (χ4n) is 1.91. The molecule has 0 unspecified atom stereocenters. The number of amides is 2. The van der Waals surface area contributed by atoms with Crippen molar-refractivity contribution in [1.82, 2.24) is 10.9 Å². The van der Waals surface area contributed by atoms with E-state index in [0.717, 1.165) is 5.56 Å². The number of benzene rings is 2. The summed E-state index contributed by atoms with van der Waals surface area (Å²) in [7, 11) is 1.58. The van der Waals surface area contributed by atoms with Gasteiger partial charge in [0.1, 0.15) is 5.75 Å². The number of ether oxygens (including phenoxy) is 2. The highest BCUT2D eigenvalue weighted by molar-refractivity contribution is 6.32. The first-order valence-electron chi connectivity index (χ1n) is 7.14. The molecule has 126 valence electrons. The van der Waals surface area contributed by atoms with Crippen molar-refractivity contribution in [3.8, 4) is 5.75 Å². The highest BCUT2D eigenvalue weighted by Crippen LogP contribution is 2.22. The average molecular weight is 349 g/mol. The van der Waals surface area contributed by atoms with Crippen molar-refractivity contribution in [2.45, 2.75) is 6.61 Å². The summed E-state index contributed by atoms with van der Waals surface area (Å²) in [5.41, 5.74) is 5.88. The molecule has 0 spiro atoms. The zero-order valence-corrected chi connectivity index (χ0v) is 13.8. The molecule has 0 saturated carbocycles. The van der Waals surface area contributed by atoms with Gasteiger partial charge in [0.05, 0.1) is 11.6 Å². The van der Waals surface area contributed by atoms with Gasteiger partial charge < -0.3 is 9.47 Å². The topological polar surface area (TPSA) is 76.7 Å². The molecule has 2 amide bonds. The van der Waals surface area contributed by atoms with Gasteiger partial charge >= 0.3 is 0 Å². The Hall–Kier alpha value is -2.57. The van der Waals surface area contributed by atoms with E-state index in [0.29, 0.717) is 22.9 Å². The summed E-state index contributed by atoms with van der Waals surface area (Å²) in [6.07, 6.45) is 0. The maximum Gasteiger partial charge on any atom is 0.276 e. The van der Waals surface area contributed by atoms with Gasteiger partial charge in [0.15, 0.2) is 6.61 Å². The van der Waals surface area contributed by atoms with Crippen molar-refractivity contribution in [1.29, 1.82) is 0 Å². The van der Waals surface area contributed by atoms with E-state index in [-0.39, 0.29) is 6.61 Å². The van der Waals surface area contributed by atoms with Crippen LogP contribution in [0.1, 0.15) is 15.9 Å². The Morgan fingerprint density at radius 3 is 2.62 bits per heavy atom. The van der Waals surface area contributed by atoms with Crippen molar-refractivity contribution in [3.05, 3.63) is 64.7 Å². The fourth-order valence-corrected chi connectivity index (χ4v) is 2.10. The van der Waals surface area contributed by atoms with Crippen LogP contribution in [0.25, 0.3) is 0 Å². The number of hydrazine groups is 1. The van der Waals surface area contributed by atoms with Gasteiger partial charge in [-0.15, -0.1) is 0 Å². The minimum atomic E-state index is -0.503. The van der Waals surface area contributed by atoms with Gasteiger partial charge in [0.2, 0.25) is 0 Å². The third-order valence-corrected chi connectivity index (χ3v) is 3.32. The molecule has 2 aromatic rings. The number of methoxy groups -OCH3 is 1. The molecular weight excluding hydrogens is 332 g/mol. The lowest BCUT2D eigenvalue weighted by Gasteiger charge is -2.10. The highest BCUT2D eigenvalue weighted by atomic mass is 35.5. The van der Waals surface area contributed by atoms with E-state index in [1.54, 1.807) is 49.6 Å². The van der Waals surface area contributed by atoms with Gasteiger partial charge in [-0.2, -0.15) is 0 Å². The summed E-state index contributed by atoms with van der Waals surface area (Å²) < 4.78 is 10.3. The molecule has 0 aliphatic carbocycles. The van der Waals surface area contributed by atoms with E-state index in [9.17, 15) is 9.59 Å². The van der Waals surface area contributed by atoms with Crippen LogP contribution in [0.2, 0.25) is 5.02 Å². The second-order valence-electron chi connectivity index (χ2n) is 4.85. The number of carbonyl (C=O) groups is 2. The SMILES string of the molecule is COCc1cccc(C(=O)NNC(=O)COc2ccccc2Cl)c1. The number of para-hydroxylation sites is 1. The molecule has 0 fully saturated rings. The first kappa shape index (κ1) is 17.8. The largest absolute Gasteiger partial charge is 0.482 e. The monoisotopic (exact) mass is 348 g/mol. The number of hydrogen-bond acceptors (Lipinski definition) is 4. The van der Waals surface area contributed by atoms with Crippen molar-refractivity contribution < 1.29 is 19.1 Å². The third-order valence-electron chi connectivity index (χ3n) is 3.01. The quantitative estimate of drug-likeness (QED) is 0.785. The van der Waals surface area contributed by atoms with E-state index in [1.165, 1.54) is 0 Å². The molecule has 2 N–H and O–H groups in total. The second-order valence-corrected chi connectivity index (χ2v) is 5.26. The Morgan fingerprint density at radius 1 is 1.08 bits per heavy atom. The highest BCUT2D eigenvalue weighted by Gasteiger charge is 2.09. The number of carbonyl (C=O) groups excluding carboxylic acids is 2.